The molecular weight excluding hydrogens is 368 g/mol. The lowest BCUT2D eigenvalue weighted by Gasteiger charge is -2.02. The molecule has 0 bridgehead atoms. The Labute approximate surface area is 167 Å². The number of hydrogen-bond acceptors (Lipinski definition) is 4. The van der Waals surface area contributed by atoms with Crippen LogP contribution >= 0.6 is 11.3 Å². The van der Waals surface area contributed by atoms with Crippen LogP contribution < -0.4 is 5.43 Å². The van der Waals surface area contributed by atoms with Gasteiger partial charge in [0.1, 0.15) is 4.83 Å². The van der Waals surface area contributed by atoms with E-state index in [4.69, 9.17) is 0 Å². The molecule has 1 amide bonds. The van der Waals surface area contributed by atoms with Gasteiger partial charge in [0.2, 0.25) is 0 Å². The Morgan fingerprint density at radius 2 is 1.89 bits per heavy atom. The number of para-hydroxylation sites is 1. The fourth-order valence-corrected chi connectivity index (χ4v) is 4.16. The minimum Gasteiger partial charge on any atom is -0.266 e. The van der Waals surface area contributed by atoms with Crippen molar-refractivity contribution in [3.05, 3.63) is 81.9 Å². The molecule has 0 fully saturated rings. The molecule has 5 nitrogen and oxygen atoms in total. The minimum absolute atomic E-state index is 0.221. The third-order valence-electron chi connectivity index (χ3n) is 4.56. The average Bonchev–Trinajstić information content (AvgIpc) is 3.25. The predicted octanol–water partition coefficient (Wildman–Crippen LogP) is 4.78. The standard InChI is InChI=1S/C22H20N4OS/c1-14-9-10-17(15(2)11-14)13-23-24-21(27)20-12-19-16(3)25-26(22(19)28-20)18-7-5-4-6-8-18/h4-13H,1-3H3,(H,24,27). The van der Waals surface area contributed by atoms with Crippen molar-refractivity contribution in [1.82, 2.24) is 15.2 Å². The number of aromatic nitrogens is 2. The first-order valence-corrected chi connectivity index (χ1v) is 9.80. The highest BCUT2D eigenvalue weighted by atomic mass is 32.1. The summed E-state index contributed by atoms with van der Waals surface area (Å²) in [5.74, 6) is -0.221. The lowest BCUT2D eigenvalue weighted by molar-refractivity contribution is 0.0959. The lowest BCUT2D eigenvalue weighted by atomic mass is 10.1. The normalized spacial score (nSPS) is 11.4. The van der Waals surface area contributed by atoms with E-state index in [9.17, 15) is 4.79 Å². The highest BCUT2D eigenvalue weighted by molar-refractivity contribution is 7.20. The first-order valence-electron chi connectivity index (χ1n) is 8.98. The molecular formula is C22H20N4OS. The summed E-state index contributed by atoms with van der Waals surface area (Å²) in [5, 5.41) is 9.71. The number of thiophene rings is 1. The van der Waals surface area contributed by atoms with Crippen LogP contribution in [0.4, 0.5) is 0 Å². The van der Waals surface area contributed by atoms with Crippen LogP contribution in [0.25, 0.3) is 15.9 Å². The number of hydrazone groups is 1. The number of hydrogen-bond donors (Lipinski definition) is 1. The van der Waals surface area contributed by atoms with E-state index >= 15 is 0 Å². The molecule has 0 aliphatic heterocycles. The van der Waals surface area contributed by atoms with Crippen LogP contribution in [0.1, 0.15) is 32.1 Å². The van der Waals surface area contributed by atoms with Gasteiger partial charge < -0.3 is 0 Å². The zero-order valence-electron chi connectivity index (χ0n) is 15.9. The lowest BCUT2D eigenvalue weighted by Crippen LogP contribution is -2.16. The van der Waals surface area contributed by atoms with Crippen LogP contribution in [0.2, 0.25) is 0 Å². The monoisotopic (exact) mass is 388 g/mol. The third kappa shape index (κ3) is 3.46. The number of nitrogens with one attached hydrogen (secondary N) is 1. The van der Waals surface area contributed by atoms with Crippen LogP contribution in [0.3, 0.4) is 0 Å². The number of rotatable bonds is 4. The molecule has 6 heteroatoms. The van der Waals surface area contributed by atoms with Gasteiger partial charge in [0.25, 0.3) is 5.91 Å². The van der Waals surface area contributed by atoms with Crippen LogP contribution in [-0.2, 0) is 0 Å². The zero-order chi connectivity index (χ0) is 19.7. The second kappa shape index (κ2) is 7.40. The van der Waals surface area contributed by atoms with Crippen molar-refractivity contribution in [2.75, 3.05) is 0 Å². The SMILES string of the molecule is Cc1ccc(C=NNC(=O)c2cc3c(C)nn(-c4ccccc4)c3s2)c(C)c1. The van der Waals surface area contributed by atoms with Gasteiger partial charge in [-0.1, -0.05) is 42.0 Å². The summed E-state index contributed by atoms with van der Waals surface area (Å²) in [5.41, 5.74) is 7.81. The van der Waals surface area contributed by atoms with Crippen molar-refractivity contribution in [3.8, 4) is 5.69 Å². The summed E-state index contributed by atoms with van der Waals surface area (Å²) in [7, 11) is 0. The Hall–Kier alpha value is -3.25. The highest BCUT2D eigenvalue weighted by Crippen LogP contribution is 2.30. The number of nitrogens with zero attached hydrogens (tertiary/aromatic N) is 3. The van der Waals surface area contributed by atoms with Crippen molar-refractivity contribution in [3.63, 3.8) is 0 Å². The molecule has 0 saturated carbocycles. The van der Waals surface area contributed by atoms with E-state index in [-0.39, 0.29) is 5.91 Å². The van der Waals surface area contributed by atoms with Gasteiger partial charge in [-0.25, -0.2) is 10.1 Å². The topological polar surface area (TPSA) is 59.3 Å². The van der Waals surface area contributed by atoms with Gasteiger partial charge in [-0.3, -0.25) is 4.79 Å². The van der Waals surface area contributed by atoms with Crippen LogP contribution in [-0.4, -0.2) is 21.9 Å². The summed E-state index contributed by atoms with van der Waals surface area (Å²) < 4.78 is 1.88. The number of carbonyl (C=O) groups excluding carboxylic acids is 1. The van der Waals surface area contributed by atoms with Crippen molar-refractivity contribution in [2.24, 2.45) is 5.10 Å². The van der Waals surface area contributed by atoms with Gasteiger partial charge >= 0.3 is 0 Å². The molecule has 0 radical (unpaired) electrons. The Bertz CT molecular complexity index is 1190. The van der Waals surface area contributed by atoms with Crippen molar-refractivity contribution in [2.45, 2.75) is 20.8 Å². The molecule has 0 aliphatic rings. The second-order valence-corrected chi connectivity index (χ2v) is 7.75. The van der Waals surface area contributed by atoms with Crippen molar-refractivity contribution in [1.29, 1.82) is 0 Å². The molecule has 2 aromatic heterocycles. The Morgan fingerprint density at radius 1 is 1.11 bits per heavy atom. The smallest absolute Gasteiger partial charge is 0.266 e. The first-order chi connectivity index (χ1) is 13.5. The van der Waals surface area contributed by atoms with Gasteiger partial charge in [0, 0.05) is 5.39 Å². The molecule has 4 aromatic rings. The molecule has 28 heavy (non-hydrogen) atoms. The molecule has 0 aliphatic carbocycles. The predicted molar refractivity (Wildman–Crippen MR) is 115 cm³/mol. The van der Waals surface area contributed by atoms with Gasteiger partial charge in [0.05, 0.1) is 22.5 Å². The molecule has 0 saturated heterocycles. The van der Waals surface area contributed by atoms with Gasteiger partial charge in [0.15, 0.2) is 0 Å². The number of carbonyl (C=O) groups is 1. The quantitative estimate of drug-likeness (QED) is 0.404. The Morgan fingerprint density at radius 3 is 2.64 bits per heavy atom. The maximum atomic E-state index is 12.6. The summed E-state index contributed by atoms with van der Waals surface area (Å²) >= 11 is 1.41. The number of amides is 1. The van der Waals surface area contributed by atoms with E-state index in [2.05, 4.69) is 28.6 Å². The molecule has 2 heterocycles. The van der Waals surface area contributed by atoms with Gasteiger partial charge in [-0.2, -0.15) is 10.2 Å². The maximum Gasteiger partial charge on any atom is 0.281 e. The second-order valence-electron chi connectivity index (χ2n) is 6.72. The number of aryl methyl sites for hydroxylation is 3. The summed E-state index contributed by atoms with van der Waals surface area (Å²) in [6, 6.07) is 17.9. The highest BCUT2D eigenvalue weighted by Gasteiger charge is 2.16. The van der Waals surface area contributed by atoms with Gasteiger partial charge in [-0.05, 0) is 50.1 Å². The summed E-state index contributed by atoms with van der Waals surface area (Å²) in [4.78, 5) is 14.1. The summed E-state index contributed by atoms with van der Waals surface area (Å²) in [6.45, 7) is 6.03. The van der Waals surface area contributed by atoms with E-state index in [1.807, 2.05) is 67.1 Å². The van der Waals surface area contributed by atoms with E-state index in [1.54, 1.807) is 6.21 Å². The third-order valence-corrected chi connectivity index (χ3v) is 5.67. The van der Waals surface area contributed by atoms with Crippen LogP contribution in [0.5, 0.6) is 0 Å². The fourth-order valence-electron chi connectivity index (χ4n) is 3.09. The van der Waals surface area contributed by atoms with Crippen molar-refractivity contribution >= 4 is 33.7 Å². The zero-order valence-corrected chi connectivity index (χ0v) is 16.7. The van der Waals surface area contributed by atoms with E-state index in [0.29, 0.717) is 4.88 Å². The molecule has 140 valence electrons. The first kappa shape index (κ1) is 18.1. The largest absolute Gasteiger partial charge is 0.281 e. The van der Waals surface area contributed by atoms with Crippen LogP contribution in [0.15, 0.2) is 59.7 Å². The maximum absolute atomic E-state index is 12.6. The average molecular weight is 388 g/mol. The number of fused-ring (bicyclic) bond motifs is 1. The van der Waals surface area contributed by atoms with Crippen LogP contribution in [0, 0.1) is 20.8 Å². The van der Waals surface area contributed by atoms with Gasteiger partial charge in [-0.15, -0.1) is 11.3 Å². The summed E-state index contributed by atoms with van der Waals surface area (Å²) in [6.07, 6.45) is 1.68. The molecule has 2 aromatic carbocycles. The molecule has 1 N–H and O–H groups in total. The Balaban J connectivity index is 1.57. The van der Waals surface area contributed by atoms with E-state index in [1.165, 1.54) is 16.9 Å². The molecule has 4 rings (SSSR count). The molecule has 0 unspecified atom stereocenters. The van der Waals surface area contributed by atoms with Crippen molar-refractivity contribution < 1.29 is 4.79 Å². The Kier molecular flexibility index (Phi) is 4.79. The number of benzene rings is 2. The minimum atomic E-state index is -0.221. The molecule has 0 atom stereocenters. The van der Waals surface area contributed by atoms with E-state index in [0.717, 1.165) is 32.7 Å². The molecule has 0 spiro atoms. The fraction of sp³-hybridized carbons (Fsp3) is 0.136. The van der Waals surface area contributed by atoms with E-state index < -0.39 is 0 Å².